The molecule has 5 nitrogen and oxygen atoms in total. The van der Waals surface area contributed by atoms with E-state index in [1.54, 1.807) is 0 Å². The molecule has 1 aromatic heterocycles. The van der Waals surface area contributed by atoms with Crippen LogP contribution in [0.4, 0.5) is 0 Å². The molecular weight excluding hydrogens is 206 g/mol. The third kappa shape index (κ3) is 3.32. The Hall–Kier alpha value is -1.39. The van der Waals surface area contributed by atoms with Gasteiger partial charge in [0.1, 0.15) is 19.2 Å². The van der Waals surface area contributed by atoms with Crippen molar-refractivity contribution < 1.29 is 9.53 Å². The van der Waals surface area contributed by atoms with Gasteiger partial charge in [-0.1, -0.05) is 25.7 Å². The molecule has 1 aliphatic carbocycles. The molecule has 1 aliphatic rings. The van der Waals surface area contributed by atoms with Crippen molar-refractivity contribution in [3.63, 3.8) is 0 Å². The van der Waals surface area contributed by atoms with Gasteiger partial charge in [0.25, 0.3) is 0 Å². The Morgan fingerprint density at radius 3 is 2.94 bits per heavy atom. The van der Waals surface area contributed by atoms with Crippen LogP contribution in [0.25, 0.3) is 0 Å². The second-order valence-corrected chi connectivity index (χ2v) is 4.25. The van der Waals surface area contributed by atoms with Crippen molar-refractivity contribution in [3.05, 3.63) is 12.7 Å². The lowest BCUT2D eigenvalue weighted by Crippen LogP contribution is -2.15. The second kappa shape index (κ2) is 5.63. The number of rotatable bonds is 5. The van der Waals surface area contributed by atoms with Crippen LogP contribution >= 0.6 is 0 Å². The van der Waals surface area contributed by atoms with Crippen LogP contribution in [0.3, 0.4) is 0 Å². The number of aromatic nitrogens is 3. The van der Waals surface area contributed by atoms with E-state index in [1.807, 2.05) is 0 Å². The molecular formula is C11H17N3O2. The highest BCUT2D eigenvalue weighted by atomic mass is 16.5. The molecule has 0 spiro atoms. The largest absolute Gasteiger partial charge is 0.464 e. The molecule has 0 radical (unpaired) electrons. The molecule has 0 N–H and O–H groups in total. The number of esters is 1. The summed E-state index contributed by atoms with van der Waals surface area (Å²) < 4.78 is 6.62. The molecule has 16 heavy (non-hydrogen) atoms. The van der Waals surface area contributed by atoms with E-state index in [2.05, 4.69) is 10.1 Å². The van der Waals surface area contributed by atoms with Crippen molar-refractivity contribution in [1.82, 2.24) is 14.8 Å². The number of carbonyl (C=O) groups is 1. The van der Waals surface area contributed by atoms with Gasteiger partial charge in [-0.15, -0.1) is 0 Å². The Labute approximate surface area is 94.8 Å². The van der Waals surface area contributed by atoms with Crippen LogP contribution < -0.4 is 0 Å². The molecule has 1 fully saturated rings. The maximum absolute atomic E-state index is 11.4. The van der Waals surface area contributed by atoms with Crippen LogP contribution in [0.15, 0.2) is 12.7 Å². The van der Waals surface area contributed by atoms with Crippen molar-refractivity contribution in [2.24, 2.45) is 5.92 Å². The number of carbonyl (C=O) groups excluding carboxylic acids is 1. The van der Waals surface area contributed by atoms with Gasteiger partial charge in [-0.3, -0.25) is 4.79 Å². The first-order valence-corrected chi connectivity index (χ1v) is 5.82. The molecule has 2 rings (SSSR count). The van der Waals surface area contributed by atoms with Crippen LogP contribution in [-0.2, 0) is 16.1 Å². The first-order chi connectivity index (χ1) is 7.84. The molecule has 88 valence electrons. The van der Waals surface area contributed by atoms with E-state index < -0.39 is 0 Å². The highest BCUT2D eigenvalue weighted by Gasteiger charge is 2.15. The van der Waals surface area contributed by atoms with Crippen LogP contribution in [0.5, 0.6) is 0 Å². The minimum atomic E-state index is -0.233. The quantitative estimate of drug-likeness (QED) is 0.708. The highest BCUT2D eigenvalue weighted by molar-refractivity contribution is 5.68. The second-order valence-electron chi connectivity index (χ2n) is 4.25. The summed E-state index contributed by atoms with van der Waals surface area (Å²) in [5, 5.41) is 3.85. The van der Waals surface area contributed by atoms with Gasteiger partial charge in [0.2, 0.25) is 0 Å². The average molecular weight is 223 g/mol. The lowest BCUT2D eigenvalue weighted by atomic mass is 10.1. The van der Waals surface area contributed by atoms with E-state index in [0.29, 0.717) is 6.61 Å². The van der Waals surface area contributed by atoms with Crippen molar-refractivity contribution in [1.29, 1.82) is 0 Å². The molecule has 1 saturated carbocycles. The van der Waals surface area contributed by atoms with Crippen molar-refractivity contribution in [2.45, 2.75) is 38.6 Å². The molecule has 1 aromatic rings. The van der Waals surface area contributed by atoms with Gasteiger partial charge < -0.3 is 4.74 Å². The minimum Gasteiger partial charge on any atom is -0.464 e. The fraction of sp³-hybridized carbons (Fsp3) is 0.727. The van der Waals surface area contributed by atoms with Crippen LogP contribution in [0, 0.1) is 5.92 Å². The molecule has 0 atom stereocenters. The molecule has 0 unspecified atom stereocenters. The molecule has 0 aliphatic heterocycles. The summed E-state index contributed by atoms with van der Waals surface area (Å²) in [6.45, 7) is 0.697. The zero-order chi connectivity index (χ0) is 11.2. The summed E-state index contributed by atoms with van der Waals surface area (Å²) in [6.07, 6.45) is 9.17. The normalized spacial score (nSPS) is 16.5. The summed E-state index contributed by atoms with van der Waals surface area (Å²) in [6, 6.07) is 0. The maximum Gasteiger partial charge on any atom is 0.327 e. The van der Waals surface area contributed by atoms with E-state index >= 15 is 0 Å². The number of hydrogen-bond donors (Lipinski definition) is 0. The topological polar surface area (TPSA) is 57.0 Å². The van der Waals surface area contributed by atoms with Gasteiger partial charge in [-0.05, 0) is 12.3 Å². The van der Waals surface area contributed by atoms with Crippen LogP contribution in [-0.4, -0.2) is 27.3 Å². The Morgan fingerprint density at radius 1 is 1.44 bits per heavy atom. The fourth-order valence-electron chi connectivity index (χ4n) is 2.13. The minimum absolute atomic E-state index is 0.157. The zero-order valence-electron chi connectivity index (χ0n) is 9.34. The predicted molar refractivity (Wildman–Crippen MR) is 57.6 cm³/mol. The molecule has 0 aromatic carbocycles. The summed E-state index contributed by atoms with van der Waals surface area (Å²) in [4.78, 5) is 15.1. The Balaban J connectivity index is 1.60. The Bertz CT molecular complexity index is 318. The molecule has 5 heteroatoms. The molecule has 0 amide bonds. The summed E-state index contributed by atoms with van der Waals surface area (Å²) in [5.41, 5.74) is 0. The van der Waals surface area contributed by atoms with E-state index in [0.717, 1.165) is 12.3 Å². The predicted octanol–water partition coefficient (Wildman–Crippen LogP) is 1.40. The number of ether oxygens (including phenoxy) is 1. The first kappa shape index (κ1) is 11.1. The van der Waals surface area contributed by atoms with E-state index in [-0.39, 0.29) is 12.5 Å². The Morgan fingerprint density at radius 2 is 2.25 bits per heavy atom. The monoisotopic (exact) mass is 223 g/mol. The Kier molecular flexibility index (Phi) is 3.91. The average Bonchev–Trinajstić information content (AvgIpc) is 2.90. The van der Waals surface area contributed by atoms with E-state index in [9.17, 15) is 4.79 Å². The number of nitrogens with zero attached hydrogens (tertiary/aromatic N) is 3. The summed E-state index contributed by atoms with van der Waals surface area (Å²) >= 11 is 0. The molecule has 0 saturated heterocycles. The van der Waals surface area contributed by atoms with Crippen LogP contribution in [0.1, 0.15) is 32.1 Å². The third-order valence-corrected chi connectivity index (χ3v) is 3.02. The van der Waals surface area contributed by atoms with Gasteiger partial charge in [0, 0.05) is 0 Å². The first-order valence-electron chi connectivity index (χ1n) is 5.82. The van der Waals surface area contributed by atoms with Crippen molar-refractivity contribution in [2.75, 3.05) is 6.61 Å². The van der Waals surface area contributed by atoms with Crippen molar-refractivity contribution in [3.8, 4) is 0 Å². The number of hydrogen-bond acceptors (Lipinski definition) is 4. The summed E-state index contributed by atoms with van der Waals surface area (Å²) in [7, 11) is 0. The summed E-state index contributed by atoms with van der Waals surface area (Å²) in [5.74, 6) is 0.530. The SMILES string of the molecule is O=C(Cn1cncn1)OCCC1CCCC1. The zero-order valence-corrected chi connectivity index (χ0v) is 9.34. The third-order valence-electron chi connectivity index (χ3n) is 3.02. The van der Waals surface area contributed by atoms with Gasteiger partial charge >= 0.3 is 5.97 Å². The molecule has 0 bridgehead atoms. The standard InChI is InChI=1S/C11H17N3O2/c15-11(7-14-9-12-8-13-14)16-6-5-10-3-1-2-4-10/h8-10H,1-7H2. The maximum atomic E-state index is 11.4. The van der Waals surface area contributed by atoms with E-state index in [4.69, 9.17) is 4.74 Å². The molecule has 1 heterocycles. The van der Waals surface area contributed by atoms with Crippen molar-refractivity contribution >= 4 is 5.97 Å². The van der Waals surface area contributed by atoms with Crippen LogP contribution in [0.2, 0.25) is 0 Å². The lowest BCUT2D eigenvalue weighted by Gasteiger charge is -2.09. The smallest absolute Gasteiger partial charge is 0.327 e. The fourth-order valence-corrected chi connectivity index (χ4v) is 2.13. The van der Waals surface area contributed by atoms with E-state index in [1.165, 1.54) is 43.0 Å². The lowest BCUT2D eigenvalue weighted by molar-refractivity contribution is -0.144. The van der Waals surface area contributed by atoms with Gasteiger partial charge in [0.15, 0.2) is 0 Å². The highest BCUT2D eigenvalue weighted by Crippen LogP contribution is 2.27. The van der Waals surface area contributed by atoms with Gasteiger partial charge in [-0.25, -0.2) is 9.67 Å². The van der Waals surface area contributed by atoms with Gasteiger partial charge in [0.05, 0.1) is 6.61 Å². The van der Waals surface area contributed by atoms with Gasteiger partial charge in [-0.2, -0.15) is 5.10 Å².